The molecule has 0 radical (unpaired) electrons. The number of benzene rings is 1. The first-order valence-corrected chi connectivity index (χ1v) is 10.9. The number of pyridine rings is 1. The first-order chi connectivity index (χ1) is 16.1. The van der Waals surface area contributed by atoms with E-state index in [0.29, 0.717) is 30.0 Å². The third kappa shape index (κ3) is 5.40. The number of carboxylic acid groups (broad SMARTS) is 1. The number of hydrogen-bond acceptors (Lipinski definition) is 7. The van der Waals surface area contributed by atoms with Crippen LogP contribution in [0.5, 0.6) is 5.75 Å². The fourth-order valence-electron chi connectivity index (χ4n) is 4.30. The Labute approximate surface area is 190 Å². The van der Waals surface area contributed by atoms with Gasteiger partial charge in [-0.25, -0.2) is 9.78 Å². The highest BCUT2D eigenvalue weighted by Gasteiger charge is 2.33. The molecule has 1 saturated heterocycles. The summed E-state index contributed by atoms with van der Waals surface area (Å²) in [5.41, 5.74) is 2.88. The molecule has 0 saturated carbocycles. The van der Waals surface area contributed by atoms with Gasteiger partial charge in [-0.3, -0.25) is 14.5 Å². The van der Waals surface area contributed by atoms with Crippen LogP contribution in [0.2, 0.25) is 0 Å². The molecule has 2 amide bonds. The number of anilines is 2. The van der Waals surface area contributed by atoms with Gasteiger partial charge in [0.05, 0.1) is 6.54 Å². The molecule has 3 aliphatic rings. The van der Waals surface area contributed by atoms with Gasteiger partial charge in [-0.1, -0.05) is 24.3 Å². The number of carbonyl (C=O) groups is 3. The van der Waals surface area contributed by atoms with Crippen LogP contribution in [0.1, 0.15) is 24.0 Å². The van der Waals surface area contributed by atoms with Crippen molar-refractivity contribution in [2.24, 2.45) is 0 Å². The van der Waals surface area contributed by atoms with Gasteiger partial charge in [0.15, 0.2) is 18.2 Å². The van der Waals surface area contributed by atoms with Crippen molar-refractivity contribution in [3.8, 4) is 5.75 Å². The molecule has 10 heteroatoms. The van der Waals surface area contributed by atoms with Gasteiger partial charge >= 0.3 is 6.09 Å². The summed E-state index contributed by atoms with van der Waals surface area (Å²) in [6.45, 7) is 1.07. The van der Waals surface area contributed by atoms with Crippen LogP contribution in [0.25, 0.3) is 0 Å². The summed E-state index contributed by atoms with van der Waals surface area (Å²) in [4.78, 5) is 38.0. The molecular weight excluding hydrogens is 428 g/mol. The van der Waals surface area contributed by atoms with Crippen LogP contribution in [-0.4, -0.2) is 60.4 Å². The zero-order valence-corrected chi connectivity index (χ0v) is 18.0. The lowest BCUT2D eigenvalue weighted by Gasteiger charge is -2.19. The summed E-state index contributed by atoms with van der Waals surface area (Å²) in [6.07, 6.45) is 3.30. The fourth-order valence-corrected chi connectivity index (χ4v) is 4.30. The standard InChI is InChI=1S/C22H24N4O4.CH2O2/c27-20-13-29-18-7-8-19(24-21(18)25-20)26-12-17(30-22(26)28)6-3-9-23-16-10-14-4-1-2-5-15(14)11-16;2-1-3/h1-2,4-5,7-8,16-17,23H,3,6,9-13H2,(H,24,25,27);1H,(H,2,3). The second kappa shape index (κ2) is 10.3. The molecule has 1 aromatic carbocycles. The molecule has 2 aliphatic heterocycles. The molecule has 1 aliphatic carbocycles. The summed E-state index contributed by atoms with van der Waals surface area (Å²) < 4.78 is 10.8. The lowest BCUT2D eigenvalue weighted by Crippen LogP contribution is -2.31. The van der Waals surface area contributed by atoms with Crippen molar-refractivity contribution in [1.29, 1.82) is 0 Å². The summed E-state index contributed by atoms with van der Waals surface area (Å²) >= 11 is 0. The Morgan fingerprint density at radius 2 is 1.91 bits per heavy atom. The molecule has 5 rings (SSSR count). The second-order valence-electron chi connectivity index (χ2n) is 8.05. The Balaban J connectivity index is 0.000000821. The molecule has 1 aromatic heterocycles. The van der Waals surface area contributed by atoms with E-state index in [1.165, 1.54) is 16.0 Å². The lowest BCUT2D eigenvalue weighted by atomic mass is 10.1. The zero-order chi connectivity index (χ0) is 23.2. The van der Waals surface area contributed by atoms with E-state index in [2.05, 4.69) is 39.9 Å². The highest BCUT2D eigenvalue weighted by molar-refractivity contribution is 5.95. The molecule has 10 nitrogen and oxygen atoms in total. The van der Waals surface area contributed by atoms with E-state index >= 15 is 0 Å². The molecule has 33 heavy (non-hydrogen) atoms. The van der Waals surface area contributed by atoms with Crippen LogP contribution in [0.4, 0.5) is 16.4 Å². The topological polar surface area (TPSA) is 130 Å². The van der Waals surface area contributed by atoms with E-state index in [9.17, 15) is 9.59 Å². The second-order valence-corrected chi connectivity index (χ2v) is 8.05. The van der Waals surface area contributed by atoms with E-state index in [1.54, 1.807) is 12.1 Å². The zero-order valence-electron chi connectivity index (χ0n) is 18.0. The number of ether oxygens (including phenoxy) is 2. The van der Waals surface area contributed by atoms with Gasteiger partial charge in [0.1, 0.15) is 11.9 Å². The minimum absolute atomic E-state index is 0.0250. The normalized spacial score (nSPS) is 18.9. The molecule has 3 N–H and O–H groups in total. The quantitative estimate of drug-likeness (QED) is 0.446. The first-order valence-electron chi connectivity index (χ1n) is 10.9. The Morgan fingerprint density at radius 1 is 1.18 bits per heavy atom. The number of carbonyl (C=O) groups excluding carboxylic acids is 2. The Kier molecular flexibility index (Phi) is 7.04. The number of nitrogens with zero attached hydrogens (tertiary/aromatic N) is 2. The third-order valence-electron chi connectivity index (χ3n) is 5.80. The van der Waals surface area contributed by atoms with Crippen molar-refractivity contribution in [2.45, 2.75) is 37.8 Å². The number of cyclic esters (lactones) is 1. The average Bonchev–Trinajstić information content (AvgIpc) is 3.39. The lowest BCUT2D eigenvalue weighted by molar-refractivity contribution is -0.123. The SMILES string of the molecule is O=C1COc2ccc(N3CC(CCCNC4Cc5ccccc5C4)OC3=O)nc2N1.O=CO. The van der Waals surface area contributed by atoms with E-state index in [1.807, 2.05) is 0 Å². The van der Waals surface area contributed by atoms with Crippen LogP contribution < -0.4 is 20.3 Å². The molecule has 1 fully saturated rings. The summed E-state index contributed by atoms with van der Waals surface area (Å²) in [5, 5.41) is 13.2. The largest absolute Gasteiger partial charge is 0.483 e. The summed E-state index contributed by atoms with van der Waals surface area (Å²) in [5.74, 6) is 1.03. The number of nitrogens with one attached hydrogen (secondary N) is 2. The van der Waals surface area contributed by atoms with Crippen molar-refractivity contribution in [1.82, 2.24) is 10.3 Å². The van der Waals surface area contributed by atoms with E-state index < -0.39 is 6.09 Å². The van der Waals surface area contributed by atoms with Crippen molar-refractivity contribution in [2.75, 3.05) is 29.9 Å². The van der Waals surface area contributed by atoms with Crippen molar-refractivity contribution in [3.63, 3.8) is 0 Å². The molecule has 174 valence electrons. The molecule has 0 bridgehead atoms. The summed E-state index contributed by atoms with van der Waals surface area (Å²) in [6, 6.07) is 12.5. The molecular formula is C23H26N4O6. The number of rotatable bonds is 6. The average molecular weight is 454 g/mol. The van der Waals surface area contributed by atoms with Crippen molar-refractivity contribution >= 4 is 30.1 Å². The van der Waals surface area contributed by atoms with E-state index in [4.69, 9.17) is 19.4 Å². The summed E-state index contributed by atoms with van der Waals surface area (Å²) in [7, 11) is 0. The van der Waals surface area contributed by atoms with Gasteiger partial charge in [-0.05, 0) is 55.5 Å². The predicted octanol–water partition coefficient (Wildman–Crippen LogP) is 1.98. The van der Waals surface area contributed by atoms with Gasteiger partial charge in [0, 0.05) is 6.04 Å². The molecule has 1 unspecified atom stereocenters. The monoisotopic (exact) mass is 454 g/mol. The van der Waals surface area contributed by atoms with Crippen LogP contribution in [0, 0.1) is 0 Å². The minimum atomic E-state index is -0.408. The minimum Gasteiger partial charge on any atom is -0.483 e. The molecule has 0 spiro atoms. The van der Waals surface area contributed by atoms with Crippen LogP contribution >= 0.6 is 0 Å². The van der Waals surface area contributed by atoms with Gasteiger partial charge < -0.3 is 25.2 Å². The molecule has 3 heterocycles. The predicted molar refractivity (Wildman–Crippen MR) is 120 cm³/mol. The number of amides is 2. The molecule has 2 aromatic rings. The fraction of sp³-hybridized carbons (Fsp3) is 0.391. The van der Waals surface area contributed by atoms with Gasteiger partial charge in [-0.2, -0.15) is 0 Å². The van der Waals surface area contributed by atoms with Crippen molar-refractivity contribution < 1.29 is 29.0 Å². The highest BCUT2D eigenvalue weighted by atomic mass is 16.6. The third-order valence-corrected chi connectivity index (χ3v) is 5.80. The van der Waals surface area contributed by atoms with E-state index in [-0.39, 0.29) is 25.1 Å². The Bertz CT molecular complexity index is 1000. The maximum Gasteiger partial charge on any atom is 0.415 e. The highest BCUT2D eigenvalue weighted by Crippen LogP contribution is 2.30. The van der Waals surface area contributed by atoms with Gasteiger partial charge in [-0.15, -0.1) is 0 Å². The van der Waals surface area contributed by atoms with Crippen LogP contribution in [-0.2, 0) is 27.2 Å². The van der Waals surface area contributed by atoms with Gasteiger partial charge in [0.25, 0.3) is 12.4 Å². The first kappa shape index (κ1) is 22.5. The van der Waals surface area contributed by atoms with Crippen LogP contribution in [0.15, 0.2) is 36.4 Å². The Hall–Kier alpha value is -3.66. The number of hydrogen-bond donors (Lipinski definition) is 3. The maximum absolute atomic E-state index is 12.3. The van der Waals surface area contributed by atoms with Crippen LogP contribution in [0.3, 0.4) is 0 Å². The number of aromatic nitrogens is 1. The maximum atomic E-state index is 12.3. The smallest absolute Gasteiger partial charge is 0.415 e. The Morgan fingerprint density at radius 3 is 2.64 bits per heavy atom. The van der Waals surface area contributed by atoms with E-state index in [0.717, 1.165) is 32.2 Å². The van der Waals surface area contributed by atoms with Crippen molar-refractivity contribution in [3.05, 3.63) is 47.5 Å². The van der Waals surface area contributed by atoms with Gasteiger partial charge in [0.2, 0.25) is 0 Å². The number of fused-ring (bicyclic) bond motifs is 2. The molecule has 1 atom stereocenters.